The van der Waals surface area contributed by atoms with E-state index in [-0.39, 0.29) is 5.41 Å². The number of rotatable bonds is 7. The molecule has 0 spiro atoms. The van der Waals surface area contributed by atoms with Gasteiger partial charge < -0.3 is 10.1 Å². The van der Waals surface area contributed by atoms with Crippen molar-refractivity contribution >= 4 is 0 Å². The molecule has 1 saturated carbocycles. The average molecular weight is 182 g/mol. The van der Waals surface area contributed by atoms with Crippen LogP contribution < -0.4 is 5.32 Å². The second-order valence-electron chi connectivity index (χ2n) is 3.74. The van der Waals surface area contributed by atoms with Gasteiger partial charge in [0.25, 0.3) is 0 Å². The van der Waals surface area contributed by atoms with Gasteiger partial charge in [-0.1, -0.05) is 6.92 Å². The lowest BCUT2D eigenvalue weighted by Crippen LogP contribution is -2.21. The lowest BCUT2D eigenvalue weighted by molar-refractivity contribution is 0.0937. The van der Waals surface area contributed by atoms with Gasteiger partial charge in [-0.2, -0.15) is 5.26 Å². The normalized spacial score (nSPS) is 18.2. The van der Waals surface area contributed by atoms with Crippen molar-refractivity contribution in [2.24, 2.45) is 5.41 Å². The maximum atomic E-state index is 8.56. The van der Waals surface area contributed by atoms with Gasteiger partial charge in [0.05, 0.1) is 19.3 Å². The van der Waals surface area contributed by atoms with E-state index in [0.717, 1.165) is 26.3 Å². The fraction of sp³-hybridized carbons (Fsp3) is 0.900. The summed E-state index contributed by atoms with van der Waals surface area (Å²) in [5, 5.41) is 11.8. The van der Waals surface area contributed by atoms with Gasteiger partial charge in [-0.05, 0) is 19.4 Å². The van der Waals surface area contributed by atoms with Gasteiger partial charge in [0.2, 0.25) is 0 Å². The summed E-state index contributed by atoms with van der Waals surface area (Å²) in [6.45, 7) is 5.52. The van der Waals surface area contributed by atoms with Gasteiger partial charge in [-0.25, -0.2) is 0 Å². The standard InChI is InChI=1S/C10H18N2O/c1-2-12-7-8-13-9-10(3-4-10)5-6-11/h12H,2-5,7-9H2,1H3. The van der Waals surface area contributed by atoms with Crippen LogP contribution in [0.2, 0.25) is 0 Å². The number of nitrogens with zero attached hydrogens (tertiary/aromatic N) is 1. The van der Waals surface area contributed by atoms with Crippen molar-refractivity contribution in [1.29, 1.82) is 5.26 Å². The van der Waals surface area contributed by atoms with Crippen LogP contribution >= 0.6 is 0 Å². The summed E-state index contributed by atoms with van der Waals surface area (Å²) in [7, 11) is 0. The minimum atomic E-state index is 0.237. The maximum absolute atomic E-state index is 8.56. The number of nitriles is 1. The minimum absolute atomic E-state index is 0.237. The Bertz CT molecular complexity index is 182. The molecule has 0 amide bonds. The Morgan fingerprint density at radius 1 is 1.54 bits per heavy atom. The lowest BCUT2D eigenvalue weighted by Gasteiger charge is -2.11. The molecule has 1 N–H and O–H groups in total. The molecule has 1 rings (SSSR count). The van der Waals surface area contributed by atoms with Crippen molar-refractivity contribution in [2.45, 2.75) is 26.2 Å². The highest BCUT2D eigenvalue weighted by molar-refractivity contribution is 4.99. The van der Waals surface area contributed by atoms with Crippen molar-refractivity contribution in [3.8, 4) is 6.07 Å². The zero-order chi connectivity index (χ0) is 9.57. The molecule has 0 unspecified atom stereocenters. The van der Waals surface area contributed by atoms with Gasteiger partial charge in [-0.15, -0.1) is 0 Å². The van der Waals surface area contributed by atoms with Crippen molar-refractivity contribution in [3.63, 3.8) is 0 Å². The number of likely N-dealkylation sites (N-methyl/N-ethyl adjacent to an activating group) is 1. The SMILES string of the molecule is CCNCCOCC1(CC#N)CC1. The quantitative estimate of drug-likeness (QED) is 0.604. The van der Waals surface area contributed by atoms with E-state index >= 15 is 0 Å². The molecule has 0 bridgehead atoms. The van der Waals surface area contributed by atoms with E-state index in [9.17, 15) is 0 Å². The molecule has 0 heterocycles. The van der Waals surface area contributed by atoms with Crippen molar-refractivity contribution < 1.29 is 4.74 Å². The zero-order valence-electron chi connectivity index (χ0n) is 8.31. The highest BCUT2D eigenvalue weighted by Crippen LogP contribution is 2.48. The van der Waals surface area contributed by atoms with E-state index in [1.54, 1.807) is 0 Å². The summed E-state index contributed by atoms with van der Waals surface area (Å²) < 4.78 is 5.50. The lowest BCUT2D eigenvalue weighted by atomic mass is 10.1. The summed E-state index contributed by atoms with van der Waals surface area (Å²) in [5.74, 6) is 0. The largest absolute Gasteiger partial charge is 0.380 e. The Morgan fingerprint density at radius 2 is 2.31 bits per heavy atom. The summed E-state index contributed by atoms with van der Waals surface area (Å²) in [6.07, 6.45) is 3.00. The van der Waals surface area contributed by atoms with Crippen LogP contribution in [-0.4, -0.2) is 26.3 Å². The smallest absolute Gasteiger partial charge is 0.0628 e. The van der Waals surface area contributed by atoms with Crippen LogP contribution in [-0.2, 0) is 4.74 Å². The average Bonchev–Trinajstić information content (AvgIpc) is 2.86. The molecule has 0 radical (unpaired) electrons. The fourth-order valence-corrected chi connectivity index (χ4v) is 1.33. The minimum Gasteiger partial charge on any atom is -0.380 e. The third kappa shape index (κ3) is 3.75. The first-order chi connectivity index (χ1) is 6.33. The van der Waals surface area contributed by atoms with Gasteiger partial charge in [-0.3, -0.25) is 0 Å². The van der Waals surface area contributed by atoms with Crippen LogP contribution in [0.4, 0.5) is 0 Å². The number of hydrogen-bond donors (Lipinski definition) is 1. The summed E-state index contributed by atoms with van der Waals surface area (Å²) >= 11 is 0. The maximum Gasteiger partial charge on any atom is 0.0628 e. The van der Waals surface area contributed by atoms with Crippen LogP contribution in [0.3, 0.4) is 0 Å². The molecule has 1 fully saturated rings. The Kier molecular flexibility index (Phi) is 4.20. The molecule has 0 atom stereocenters. The van der Waals surface area contributed by atoms with Gasteiger partial charge >= 0.3 is 0 Å². The second kappa shape index (κ2) is 5.21. The molecule has 1 aliphatic carbocycles. The van der Waals surface area contributed by atoms with Gasteiger partial charge in [0, 0.05) is 18.4 Å². The molecule has 0 aromatic heterocycles. The molecule has 13 heavy (non-hydrogen) atoms. The van der Waals surface area contributed by atoms with Crippen LogP contribution in [0.5, 0.6) is 0 Å². The predicted octanol–water partition coefficient (Wildman–Crippen LogP) is 1.31. The topological polar surface area (TPSA) is 45.0 Å². The van der Waals surface area contributed by atoms with Crippen LogP contribution in [0.1, 0.15) is 26.2 Å². The van der Waals surface area contributed by atoms with E-state index < -0.39 is 0 Å². The first kappa shape index (κ1) is 10.5. The van der Waals surface area contributed by atoms with Crippen LogP contribution in [0.15, 0.2) is 0 Å². The summed E-state index contributed by atoms with van der Waals surface area (Å²) in [5.41, 5.74) is 0.237. The Morgan fingerprint density at radius 3 is 2.85 bits per heavy atom. The first-order valence-electron chi connectivity index (χ1n) is 4.98. The predicted molar refractivity (Wildman–Crippen MR) is 51.3 cm³/mol. The van der Waals surface area contributed by atoms with Gasteiger partial charge in [0.1, 0.15) is 0 Å². The molecule has 0 aromatic rings. The van der Waals surface area contributed by atoms with Crippen LogP contribution in [0.25, 0.3) is 0 Å². The second-order valence-corrected chi connectivity index (χ2v) is 3.74. The molecule has 0 aliphatic heterocycles. The zero-order valence-corrected chi connectivity index (χ0v) is 8.31. The van der Waals surface area contributed by atoms with Crippen LogP contribution in [0, 0.1) is 16.7 Å². The molecule has 3 heteroatoms. The van der Waals surface area contributed by atoms with E-state index in [1.807, 2.05) is 0 Å². The Hall–Kier alpha value is -0.590. The Balaban J connectivity index is 1.97. The third-order valence-electron chi connectivity index (χ3n) is 2.49. The highest BCUT2D eigenvalue weighted by Gasteiger charge is 2.42. The van der Waals surface area contributed by atoms with Crippen molar-refractivity contribution in [3.05, 3.63) is 0 Å². The van der Waals surface area contributed by atoms with E-state index in [0.29, 0.717) is 6.42 Å². The molecule has 1 aliphatic rings. The summed E-state index contributed by atoms with van der Waals surface area (Å²) in [6, 6.07) is 2.23. The molecule has 0 aromatic carbocycles. The Labute approximate surface area is 80.1 Å². The van der Waals surface area contributed by atoms with E-state index in [1.165, 1.54) is 12.8 Å². The van der Waals surface area contributed by atoms with Crippen molar-refractivity contribution in [2.75, 3.05) is 26.3 Å². The van der Waals surface area contributed by atoms with Crippen molar-refractivity contribution in [1.82, 2.24) is 5.32 Å². The molecular formula is C10H18N2O. The summed E-state index contributed by atoms with van der Waals surface area (Å²) in [4.78, 5) is 0. The fourth-order valence-electron chi connectivity index (χ4n) is 1.33. The monoisotopic (exact) mass is 182 g/mol. The number of ether oxygens (including phenoxy) is 1. The number of nitrogens with one attached hydrogen (secondary N) is 1. The number of hydrogen-bond acceptors (Lipinski definition) is 3. The molecule has 0 saturated heterocycles. The van der Waals surface area contributed by atoms with E-state index in [4.69, 9.17) is 10.00 Å². The first-order valence-corrected chi connectivity index (χ1v) is 4.98. The molecule has 3 nitrogen and oxygen atoms in total. The van der Waals surface area contributed by atoms with E-state index in [2.05, 4.69) is 18.3 Å². The molecule has 74 valence electrons. The van der Waals surface area contributed by atoms with Gasteiger partial charge in [0.15, 0.2) is 0 Å². The third-order valence-corrected chi connectivity index (χ3v) is 2.49. The molecular weight excluding hydrogens is 164 g/mol. The highest BCUT2D eigenvalue weighted by atomic mass is 16.5.